The Hall–Kier alpha value is -0.0900. The van der Waals surface area contributed by atoms with Gasteiger partial charge in [-0.1, -0.05) is 37.3 Å². The second kappa shape index (κ2) is 7.55. The maximum absolute atomic E-state index is 4.93. The number of nitrogens with zero attached hydrogens (tertiary/aromatic N) is 1. The number of hydrazone groups is 1. The Kier molecular flexibility index (Phi) is 7.50. The van der Waals surface area contributed by atoms with Gasteiger partial charge in [-0.25, -0.2) is 0 Å². The molecular formula is C8H16N2S2. The fraction of sp³-hybridized carbons (Fsp3) is 0.750. The lowest BCUT2D eigenvalue weighted by atomic mass is 10.2. The van der Waals surface area contributed by atoms with Crippen LogP contribution in [0.3, 0.4) is 0 Å². The topological polar surface area (TPSA) is 24.4 Å². The van der Waals surface area contributed by atoms with Gasteiger partial charge < -0.3 is 0 Å². The van der Waals surface area contributed by atoms with Crippen LogP contribution in [0.4, 0.5) is 0 Å². The molecule has 4 heteroatoms. The van der Waals surface area contributed by atoms with Gasteiger partial charge in [-0.05, 0) is 26.0 Å². The van der Waals surface area contributed by atoms with E-state index in [1.165, 1.54) is 24.6 Å². The Balaban J connectivity index is 3.60. The van der Waals surface area contributed by atoms with E-state index in [2.05, 4.69) is 17.5 Å². The second-order valence-corrected chi connectivity index (χ2v) is 4.04. The quantitative estimate of drug-likeness (QED) is 0.433. The van der Waals surface area contributed by atoms with Crippen LogP contribution in [0.1, 0.15) is 33.1 Å². The molecule has 2 nitrogen and oxygen atoms in total. The molecule has 12 heavy (non-hydrogen) atoms. The highest BCUT2D eigenvalue weighted by molar-refractivity contribution is 8.22. The van der Waals surface area contributed by atoms with E-state index >= 15 is 0 Å². The van der Waals surface area contributed by atoms with Crippen molar-refractivity contribution in [1.29, 1.82) is 0 Å². The predicted octanol–water partition coefficient (Wildman–Crippen LogP) is 2.79. The number of hydrogen-bond acceptors (Lipinski definition) is 3. The predicted molar refractivity (Wildman–Crippen MR) is 61.9 cm³/mol. The van der Waals surface area contributed by atoms with E-state index in [1.54, 1.807) is 0 Å². The van der Waals surface area contributed by atoms with Crippen molar-refractivity contribution in [3.05, 3.63) is 0 Å². The molecular weight excluding hydrogens is 188 g/mol. The first-order valence-electron chi connectivity index (χ1n) is 4.07. The first kappa shape index (κ1) is 11.9. The second-order valence-electron chi connectivity index (χ2n) is 2.55. The summed E-state index contributed by atoms with van der Waals surface area (Å²) in [5.74, 6) is 0. The Morgan fingerprint density at radius 1 is 1.58 bits per heavy atom. The molecule has 0 aliphatic heterocycles. The summed E-state index contributed by atoms with van der Waals surface area (Å²) in [4.78, 5) is 0. The highest BCUT2D eigenvalue weighted by atomic mass is 32.2. The van der Waals surface area contributed by atoms with E-state index in [-0.39, 0.29) is 0 Å². The molecule has 0 atom stereocenters. The minimum atomic E-state index is 0.728. The fourth-order valence-corrected chi connectivity index (χ4v) is 0.858. The standard InChI is InChI=1S/C8H16N2S2/c1-4-5-6-7(2)9-10-8(11)12-3/h4-6H2,1-3H3,(H,10,11)/b9-7+. The van der Waals surface area contributed by atoms with Gasteiger partial charge in [0.2, 0.25) is 0 Å². The van der Waals surface area contributed by atoms with Gasteiger partial charge >= 0.3 is 0 Å². The summed E-state index contributed by atoms with van der Waals surface area (Å²) in [6.45, 7) is 4.19. The monoisotopic (exact) mass is 204 g/mol. The molecule has 0 aliphatic rings. The lowest BCUT2D eigenvalue weighted by molar-refractivity contribution is 0.826. The number of thiocarbonyl (C=S) groups is 1. The lowest BCUT2D eigenvalue weighted by Gasteiger charge is -2.00. The lowest BCUT2D eigenvalue weighted by Crippen LogP contribution is -2.12. The average molecular weight is 204 g/mol. The number of nitrogens with one attached hydrogen (secondary N) is 1. The van der Waals surface area contributed by atoms with Crippen molar-refractivity contribution in [2.24, 2.45) is 5.10 Å². The molecule has 0 rings (SSSR count). The van der Waals surface area contributed by atoms with Crippen LogP contribution in [0.25, 0.3) is 0 Å². The van der Waals surface area contributed by atoms with E-state index in [0.29, 0.717) is 0 Å². The van der Waals surface area contributed by atoms with Gasteiger partial charge in [0, 0.05) is 5.71 Å². The molecule has 0 saturated heterocycles. The van der Waals surface area contributed by atoms with Crippen LogP contribution in [0.2, 0.25) is 0 Å². The van der Waals surface area contributed by atoms with Crippen LogP contribution in [0.15, 0.2) is 5.10 Å². The zero-order valence-corrected chi connectivity index (χ0v) is 9.52. The minimum Gasteiger partial charge on any atom is -0.262 e. The molecule has 0 saturated carbocycles. The molecule has 0 bridgehead atoms. The van der Waals surface area contributed by atoms with Gasteiger partial charge in [0.15, 0.2) is 4.32 Å². The van der Waals surface area contributed by atoms with E-state index in [4.69, 9.17) is 12.2 Å². The Bertz CT molecular complexity index is 166. The molecule has 0 radical (unpaired) electrons. The van der Waals surface area contributed by atoms with Crippen LogP contribution in [0.5, 0.6) is 0 Å². The third-order valence-corrected chi connectivity index (χ3v) is 2.47. The molecule has 0 fully saturated rings. The molecule has 0 heterocycles. The average Bonchev–Trinajstić information content (AvgIpc) is 2.10. The van der Waals surface area contributed by atoms with Crippen molar-refractivity contribution in [3.8, 4) is 0 Å². The molecule has 0 spiro atoms. The van der Waals surface area contributed by atoms with Crippen LogP contribution < -0.4 is 5.43 Å². The Morgan fingerprint density at radius 2 is 2.25 bits per heavy atom. The third-order valence-electron chi connectivity index (χ3n) is 1.42. The van der Waals surface area contributed by atoms with Crippen LogP contribution >= 0.6 is 24.0 Å². The smallest absolute Gasteiger partial charge is 0.153 e. The highest BCUT2D eigenvalue weighted by Gasteiger charge is 1.92. The summed E-state index contributed by atoms with van der Waals surface area (Å²) >= 11 is 6.43. The van der Waals surface area contributed by atoms with E-state index in [0.717, 1.165) is 16.5 Å². The molecule has 70 valence electrons. The molecule has 1 N–H and O–H groups in total. The zero-order valence-electron chi connectivity index (χ0n) is 7.89. The van der Waals surface area contributed by atoms with Crippen molar-refractivity contribution >= 4 is 34.0 Å². The summed E-state index contributed by atoms with van der Waals surface area (Å²) in [7, 11) is 0. The molecule has 0 amide bonds. The molecule has 0 aromatic heterocycles. The number of rotatable bonds is 4. The summed E-state index contributed by atoms with van der Waals surface area (Å²) < 4.78 is 0.728. The zero-order chi connectivity index (χ0) is 9.40. The van der Waals surface area contributed by atoms with Gasteiger partial charge in [0.25, 0.3) is 0 Å². The van der Waals surface area contributed by atoms with Gasteiger partial charge in [-0.2, -0.15) is 5.10 Å². The van der Waals surface area contributed by atoms with Gasteiger partial charge in [0.1, 0.15) is 0 Å². The van der Waals surface area contributed by atoms with Gasteiger partial charge in [0.05, 0.1) is 0 Å². The molecule has 0 aromatic carbocycles. The first-order valence-corrected chi connectivity index (χ1v) is 5.71. The molecule has 0 unspecified atom stereocenters. The van der Waals surface area contributed by atoms with Crippen molar-refractivity contribution in [3.63, 3.8) is 0 Å². The third kappa shape index (κ3) is 6.61. The molecule has 0 aromatic rings. The number of thioether (sulfide) groups is 1. The summed E-state index contributed by atoms with van der Waals surface area (Å²) in [5, 5.41) is 4.14. The van der Waals surface area contributed by atoms with Crippen molar-refractivity contribution in [2.45, 2.75) is 33.1 Å². The Morgan fingerprint density at radius 3 is 2.75 bits per heavy atom. The van der Waals surface area contributed by atoms with Gasteiger partial charge in [-0.3, -0.25) is 5.43 Å². The Labute approximate surface area is 84.2 Å². The largest absolute Gasteiger partial charge is 0.262 e. The van der Waals surface area contributed by atoms with E-state index in [9.17, 15) is 0 Å². The van der Waals surface area contributed by atoms with Crippen molar-refractivity contribution < 1.29 is 0 Å². The van der Waals surface area contributed by atoms with Crippen LogP contribution in [-0.2, 0) is 0 Å². The minimum absolute atomic E-state index is 0.728. The maximum atomic E-state index is 4.93. The van der Waals surface area contributed by atoms with Crippen LogP contribution in [0, 0.1) is 0 Å². The van der Waals surface area contributed by atoms with E-state index in [1.807, 2.05) is 13.2 Å². The molecule has 0 aliphatic carbocycles. The highest BCUT2D eigenvalue weighted by Crippen LogP contribution is 1.97. The summed E-state index contributed by atoms with van der Waals surface area (Å²) in [5.41, 5.74) is 3.94. The number of hydrogen-bond donors (Lipinski definition) is 1. The summed E-state index contributed by atoms with van der Waals surface area (Å²) in [6, 6.07) is 0. The van der Waals surface area contributed by atoms with Crippen molar-refractivity contribution in [1.82, 2.24) is 5.43 Å². The van der Waals surface area contributed by atoms with Crippen LogP contribution in [-0.4, -0.2) is 16.3 Å². The first-order chi connectivity index (χ1) is 5.70. The summed E-state index contributed by atoms with van der Waals surface area (Å²) in [6.07, 6.45) is 5.40. The SMILES string of the molecule is CCCC/C(C)=N/NC(=S)SC. The number of unbranched alkanes of at least 4 members (excludes halogenated alkanes) is 1. The van der Waals surface area contributed by atoms with Gasteiger partial charge in [-0.15, -0.1) is 0 Å². The maximum Gasteiger partial charge on any atom is 0.153 e. The normalized spacial score (nSPS) is 11.4. The fourth-order valence-electron chi connectivity index (χ4n) is 0.675. The van der Waals surface area contributed by atoms with Crippen molar-refractivity contribution in [2.75, 3.05) is 6.26 Å². The van der Waals surface area contributed by atoms with E-state index < -0.39 is 0 Å².